The van der Waals surface area contributed by atoms with Crippen LogP contribution in [0.5, 0.6) is 0 Å². The van der Waals surface area contributed by atoms with E-state index < -0.39 is 40.3 Å². The second-order valence-electron chi connectivity index (χ2n) is 22.7. The average molecular weight is 817 g/mol. The van der Waals surface area contributed by atoms with Crippen molar-refractivity contribution in [1.82, 2.24) is 20.6 Å². The topological polar surface area (TPSA) is 168 Å². The molecule has 7 rings (SSSR count). The number of nitrogens with one attached hydrogen (secondary N) is 2. The number of allylic oxidation sites excluding steroid dienone is 1. The van der Waals surface area contributed by atoms with Crippen molar-refractivity contribution in [3.8, 4) is 0 Å². The highest BCUT2D eigenvalue weighted by molar-refractivity contribution is 6.01. The van der Waals surface area contributed by atoms with Crippen LogP contribution in [0.1, 0.15) is 151 Å². The first kappa shape index (κ1) is 43.9. The summed E-state index contributed by atoms with van der Waals surface area (Å²) in [6.45, 7) is 24.9. The zero-order valence-corrected chi connectivity index (χ0v) is 37.7. The van der Waals surface area contributed by atoms with Gasteiger partial charge in [-0.3, -0.25) is 19.2 Å². The van der Waals surface area contributed by atoms with Crippen LogP contribution in [0.15, 0.2) is 29.7 Å². The van der Waals surface area contributed by atoms with E-state index in [1.165, 1.54) is 11.9 Å². The lowest BCUT2D eigenvalue weighted by Crippen LogP contribution is -2.66. The molecule has 4 N–H and O–H groups in total. The second kappa shape index (κ2) is 14.7. The quantitative estimate of drug-likeness (QED) is 0.164. The van der Waals surface area contributed by atoms with Gasteiger partial charge in [-0.1, -0.05) is 67.9 Å². The first-order valence-corrected chi connectivity index (χ1v) is 22.6. The summed E-state index contributed by atoms with van der Waals surface area (Å²) in [7, 11) is 0. The molecule has 1 aromatic heterocycles. The van der Waals surface area contributed by atoms with E-state index in [1.807, 2.05) is 27.7 Å². The zero-order chi connectivity index (χ0) is 43.3. The zero-order valence-electron chi connectivity index (χ0n) is 37.7. The Morgan fingerprint density at radius 2 is 1.63 bits per heavy atom. The van der Waals surface area contributed by atoms with Crippen LogP contribution in [0.2, 0.25) is 0 Å². The van der Waals surface area contributed by atoms with Gasteiger partial charge in [0.25, 0.3) is 5.91 Å². The van der Waals surface area contributed by atoms with Crippen LogP contribution in [0.4, 0.5) is 0 Å². The molecule has 0 bridgehead atoms. The molecule has 5 saturated carbocycles. The Bertz CT molecular complexity index is 1890. The molecule has 0 spiro atoms. The van der Waals surface area contributed by atoms with Crippen molar-refractivity contribution in [2.24, 2.45) is 68.0 Å². The molecule has 11 heteroatoms. The van der Waals surface area contributed by atoms with Gasteiger partial charge in [0.1, 0.15) is 18.1 Å². The number of hydrogen-bond donors (Lipinski definition) is 4. The van der Waals surface area contributed by atoms with Crippen molar-refractivity contribution in [1.29, 1.82) is 0 Å². The fourth-order valence-electron chi connectivity index (χ4n) is 14.8. The fourth-order valence-corrected chi connectivity index (χ4v) is 14.8. The molecule has 0 radical (unpaired) electrons. The van der Waals surface area contributed by atoms with Crippen LogP contribution < -0.4 is 10.6 Å². The smallest absolute Gasteiger partial charge is 0.309 e. The minimum atomic E-state index is -0.839. The molecule has 1 aromatic rings. The summed E-state index contributed by atoms with van der Waals surface area (Å²) in [6.07, 6.45) is 10.3. The normalized spacial score (nSPS) is 38.9. The van der Waals surface area contributed by atoms with Crippen LogP contribution in [-0.4, -0.2) is 74.6 Å². The molecule has 0 aromatic carbocycles. The molecule has 0 aliphatic heterocycles. The van der Waals surface area contributed by atoms with Gasteiger partial charge in [0.15, 0.2) is 5.78 Å². The summed E-state index contributed by atoms with van der Waals surface area (Å²) in [5.74, 6) is -0.988. The number of carboxylic acids is 1. The van der Waals surface area contributed by atoms with Crippen molar-refractivity contribution in [3.63, 3.8) is 0 Å². The van der Waals surface area contributed by atoms with Crippen LogP contribution in [0.3, 0.4) is 0 Å². The number of ketones is 1. The Labute approximate surface area is 352 Å². The Morgan fingerprint density at radius 1 is 0.915 bits per heavy atom. The number of carboxylic acid groups (broad SMARTS) is 1. The molecular weight excluding hydrogens is 745 g/mol. The number of esters is 1. The number of aliphatic hydroxyl groups excluding tert-OH is 1. The summed E-state index contributed by atoms with van der Waals surface area (Å²) >= 11 is 0. The maximum absolute atomic E-state index is 14.2. The molecule has 6 aliphatic carbocycles. The van der Waals surface area contributed by atoms with Crippen LogP contribution in [0.25, 0.3) is 0 Å². The highest BCUT2D eigenvalue weighted by Crippen LogP contribution is 2.77. The van der Waals surface area contributed by atoms with E-state index >= 15 is 0 Å². The van der Waals surface area contributed by atoms with E-state index in [0.717, 1.165) is 56.9 Å². The molecule has 59 heavy (non-hydrogen) atoms. The lowest BCUT2D eigenvalue weighted by atomic mass is 9.33. The van der Waals surface area contributed by atoms with Gasteiger partial charge in [-0.25, -0.2) is 9.97 Å². The lowest BCUT2D eigenvalue weighted by molar-refractivity contribution is -0.238. The summed E-state index contributed by atoms with van der Waals surface area (Å²) in [6, 6.07) is 1.58. The van der Waals surface area contributed by atoms with Gasteiger partial charge in [-0.15, -0.1) is 0 Å². The number of rotatable bonds is 11. The highest BCUT2D eigenvalue weighted by atomic mass is 16.5. The van der Waals surface area contributed by atoms with Crippen LogP contribution in [0, 0.1) is 68.0 Å². The van der Waals surface area contributed by atoms with Crippen LogP contribution in [-0.2, 0) is 19.1 Å². The van der Waals surface area contributed by atoms with E-state index in [9.17, 15) is 29.4 Å². The van der Waals surface area contributed by atoms with Gasteiger partial charge in [-0.05, 0) is 129 Å². The van der Waals surface area contributed by atoms with E-state index in [4.69, 9.17) is 4.74 Å². The molecule has 5 fully saturated rings. The Balaban J connectivity index is 1.09. The third kappa shape index (κ3) is 6.72. The summed E-state index contributed by atoms with van der Waals surface area (Å²) in [5, 5.41) is 28.5. The Morgan fingerprint density at radius 3 is 2.25 bits per heavy atom. The molecule has 11 atom stereocenters. The molecule has 326 valence electrons. The number of aliphatic hydroxyl groups is 1. The van der Waals surface area contributed by atoms with Crippen molar-refractivity contribution >= 4 is 23.6 Å². The average Bonchev–Trinajstić information content (AvgIpc) is 3.45. The van der Waals surface area contributed by atoms with Crippen molar-refractivity contribution < 1.29 is 34.1 Å². The predicted molar refractivity (Wildman–Crippen MR) is 225 cm³/mol. The summed E-state index contributed by atoms with van der Waals surface area (Å²) in [5.41, 5.74) is 0.409. The molecule has 0 unspecified atom stereocenters. The van der Waals surface area contributed by atoms with Gasteiger partial charge in [0, 0.05) is 42.1 Å². The number of amides is 1. The Hall–Kier alpha value is -3.18. The maximum atomic E-state index is 14.2. The lowest BCUT2D eigenvalue weighted by Gasteiger charge is -2.72. The van der Waals surface area contributed by atoms with Gasteiger partial charge < -0.3 is 25.6 Å². The van der Waals surface area contributed by atoms with E-state index in [2.05, 4.69) is 69.1 Å². The first-order valence-electron chi connectivity index (χ1n) is 22.6. The number of Topliss-reactive ketones (excluding diaryl/α,β-unsaturated/α-hetero) is 1. The van der Waals surface area contributed by atoms with Crippen molar-refractivity contribution in [2.75, 3.05) is 13.1 Å². The molecule has 1 amide bonds. The Kier molecular flexibility index (Phi) is 11.0. The standard InChI is InChI=1S/C48H72N4O7/c1-27(2)37-32(53)23-48(35(54)24-50-25-42(3,4)52-39(55)31-16-21-49-26-51-31)20-19-46(10)28(38(37)48)12-13-34-45(9)17-15-36(44(7,8)33(45)14-18-47(34,46)11)59-41(58)30-22-29(40(56)57)43(30,5)6/h16,21,26-30,33-36,50,54H,12-15,17-20,22-25H2,1-11H3,(H,52,55)(H,56,57)/t28-,29+,30-,33+,34-,35+,36+,45+,46-,47-,48+/m1/s1. The maximum Gasteiger partial charge on any atom is 0.309 e. The number of carbonyl (C=O) groups is 4. The van der Waals surface area contributed by atoms with E-state index in [1.54, 1.807) is 12.3 Å². The summed E-state index contributed by atoms with van der Waals surface area (Å²) in [4.78, 5) is 60.5. The molecular formula is C48H72N4O7. The number of aliphatic carboxylic acids is 1. The SMILES string of the molecule is CC(C)C1=C2[C@H]3CC[C@@H]4[C@@]5(C)CC[C@H](OC(=O)[C@H]6C[C@@H](C(=O)O)C6(C)C)C(C)(C)[C@@H]5CC[C@@]4(C)[C@]3(C)CC[C@@]2([C@@H](O)CNCC(C)(C)NC(=O)c2ccncn2)CC1=O. The molecule has 1 heterocycles. The van der Waals surface area contributed by atoms with E-state index in [0.29, 0.717) is 43.5 Å². The minimum Gasteiger partial charge on any atom is -0.481 e. The number of aromatic nitrogens is 2. The monoisotopic (exact) mass is 817 g/mol. The fraction of sp³-hybridized carbons (Fsp3) is 0.792. The van der Waals surface area contributed by atoms with Gasteiger partial charge in [-0.2, -0.15) is 0 Å². The number of nitrogens with zero attached hydrogens (tertiary/aromatic N) is 2. The van der Waals surface area contributed by atoms with Crippen molar-refractivity contribution in [3.05, 3.63) is 35.4 Å². The van der Waals surface area contributed by atoms with Gasteiger partial charge in [0.2, 0.25) is 0 Å². The van der Waals surface area contributed by atoms with E-state index in [-0.39, 0.29) is 57.3 Å². The number of hydrogen-bond acceptors (Lipinski definition) is 9. The molecule has 6 aliphatic rings. The highest BCUT2D eigenvalue weighted by Gasteiger charge is 2.71. The third-order valence-electron chi connectivity index (χ3n) is 18.3. The third-order valence-corrected chi connectivity index (χ3v) is 18.3. The second-order valence-corrected chi connectivity index (χ2v) is 22.7. The number of fused-ring (bicyclic) bond motifs is 7. The molecule has 11 nitrogen and oxygen atoms in total. The van der Waals surface area contributed by atoms with Gasteiger partial charge in [0.05, 0.1) is 17.9 Å². The van der Waals surface area contributed by atoms with Gasteiger partial charge >= 0.3 is 11.9 Å². The van der Waals surface area contributed by atoms with Crippen molar-refractivity contribution in [2.45, 2.75) is 158 Å². The van der Waals surface area contributed by atoms with Crippen LogP contribution >= 0.6 is 0 Å². The minimum absolute atomic E-state index is 0.0184. The largest absolute Gasteiger partial charge is 0.481 e. The molecule has 0 saturated heterocycles. The number of carbonyl (C=O) groups excluding carboxylic acids is 3. The predicted octanol–water partition coefficient (Wildman–Crippen LogP) is 7.57. The first-order chi connectivity index (χ1) is 27.4. The number of ether oxygens (including phenoxy) is 1. The summed E-state index contributed by atoms with van der Waals surface area (Å²) < 4.78 is 6.42.